The van der Waals surface area contributed by atoms with Gasteiger partial charge in [0.15, 0.2) is 0 Å². The van der Waals surface area contributed by atoms with Crippen LogP contribution in [-0.2, 0) is 0 Å². The molecule has 0 spiro atoms. The summed E-state index contributed by atoms with van der Waals surface area (Å²) in [5.41, 5.74) is 9.56. The van der Waals surface area contributed by atoms with Gasteiger partial charge in [0.05, 0.1) is 17.6 Å². The van der Waals surface area contributed by atoms with Crippen molar-refractivity contribution in [2.45, 2.75) is 6.92 Å². The van der Waals surface area contributed by atoms with Crippen LogP contribution in [0.3, 0.4) is 0 Å². The molecule has 2 aromatic rings. The Balaban J connectivity index is 2.33. The van der Waals surface area contributed by atoms with Gasteiger partial charge in [-0.3, -0.25) is 5.10 Å². The third-order valence-electron chi connectivity index (χ3n) is 2.25. The zero-order chi connectivity index (χ0) is 10.7. The monoisotopic (exact) mass is 199 g/mol. The minimum atomic E-state index is 0.680. The van der Waals surface area contributed by atoms with Gasteiger partial charge in [-0.05, 0) is 24.1 Å². The lowest BCUT2D eigenvalue weighted by Crippen LogP contribution is -1.88. The van der Waals surface area contributed by atoms with Gasteiger partial charge in [0.25, 0.3) is 0 Å². The molecule has 0 radical (unpaired) electrons. The van der Waals surface area contributed by atoms with Crippen LogP contribution >= 0.6 is 0 Å². The first-order chi connectivity index (χ1) is 7.27. The van der Waals surface area contributed by atoms with Gasteiger partial charge in [0.1, 0.15) is 0 Å². The highest BCUT2D eigenvalue weighted by Crippen LogP contribution is 2.20. The Labute approximate surface area is 88.6 Å². The molecule has 3 nitrogen and oxygen atoms in total. The number of allylic oxidation sites excluding steroid dienone is 1. The fourth-order valence-electron chi connectivity index (χ4n) is 1.48. The maximum Gasteiger partial charge on any atom is 0.0837 e. The standard InChI is InChI=1S/C12H13N3/c1-9(12-11(13)8-14-15-12)7-10-5-3-2-4-6-10/h2-8H,13H2,1H3,(H,14,15)/b9-7-. The van der Waals surface area contributed by atoms with E-state index in [1.54, 1.807) is 6.20 Å². The first kappa shape index (κ1) is 9.52. The summed E-state index contributed by atoms with van der Waals surface area (Å²) >= 11 is 0. The largest absolute Gasteiger partial charge is 0.396 e. The molecule has 0 saturated heterocycles. The second kappa shape index (κ2) is 4.00. The van der Waals surface area contributed by atoms with Crippen LogP contribution in [0.5, 0.6) is 0 Å². The third kappa shape index (κ3) is 2.07. The van der Waals surface area contributed by atoms with E-state index in [0.29, 0.717) is 5.69 Å². The fourth-order valence-corrected chi connectivity index (χ4v) is 1.48. The number of aromatic amines is 1. The third-order valence-corrected chi connectivity index (χ3v) is 2.25. The minimum Gasteiger partial charge on any atom is -0.396 e. The maximum atomic E-state index is 5.76. The number of nitrogens with one attached hydrogen (secondary N) is 1. The number of hydrogen-bond donors (Lipinski definition) is 2. The smallest absolute Gasteiger partial charge is 0.0837 e. The van der Waals surface area contributed by atoms with E-state index < -0.39 is 0 Å². The van der Waals surface area contributed by atoms with E-state index in [4.69, 9.17) is 5.73 Å². The van der Waals surface area contributed by atoms with Crippen LogP contribution in [0.2, 0.25) is 0 Å². The predicted molar refractivity (Wildman–Crippen MR) is 63.0 cm³/mol. The van der Waals surface area contributed by atoms with Gasteiger partial charge in [-0.1, -0.05) is 30.3 Å². The number of nitrogens with zero attached hydrogens (tertiary/aromatic N) is 1. The Hall–Kier alpha value is -2.03. The van der Waals surface area contributed by atoms with E-state index in [9.17, 15) is 0 Å². The molecule has 2 rings (SSSR count). The average molecular weight is 199 g/mol. The van der Waals surface area contributed by atoms with Gasteiger partial charge in [0.2, 0.25) is 0 Å². The Morgan fingerprint density at radius 3 is 2.67 bits per heavy atom. The predicted octanol–water partition coefficient (Wildman–Crippen LogP) is 2.55. The number of H-pyrrole nitrogens is 1. The topological polar surface area (TPSA) is 54.7 Å². The average Bonchev–Trinajstić information content (AvgIpc) is 2.66. The number of nitrogens with two attached hydrogens (primary N) is 1. The molecule has 0 aliphatic heterocycles. The lowest BCUT2D eigenvalue weighted by atomic mass is 10.1. The number of nitrogen functional groups attached to an aromatic ring is 1. The number of aromatic nitrogens is 2. The van der Waals surface area contributed by atoms with E-state index in [1.807, 2.05) is 25.1 Å². The molecule has 0 aliphatic carbocycles. The second-order valence-corrected chi connectivity index (χ2v) is 3.44. The van der Waals surface area contributed by atoms with Crippen LogP contribution in [-0.4, -0.2) is 10.2 Å². The molecule has 1 aromatic carbocycles. The highest BCUT2D eigenvalue weighted by molar-refractivity contribution is 5.82. The molecule has 15 heavy (non-hydrogen) atoms. The summed E-state index contributed by atoms with van der Waals surface area (Å²) in [7, 11) is 0. The van der Waals surface area contributed by atoms with E-state index in [2.05, 4.69) is 28.4 Å². The van der Waals surface area contributed by atoms with Crippen molar-refractivity contribution in [2.24, 2.45) is 0 Å². The van der Waals surface area contributed by atoms with Gasteiger partial charge < -0.3 is 5.73 Å². The second-order valence-electron chi connectivity index (χ2n) is 3.44. The van der Waals surface area contributed by atoms with Crippen molar-refractivity contribution in [2.75, 3.05) is 5.73 Å². The van der Waals surface area contributed by atoms with Gasteiger partial charge in [-0.15, -0.1) is 0 Å². The minimum absolute atomic E-state index is 0.680. The molecular formula is C12H13N3. The molecular weight excluding hydrogens is 186 g/mol. The van der Waals surface area contributed by atoms with Crippen LogP contribution < -0.4 is 5.73 Å². The van der Waals surface area contributed by atoms with E-state index in [-0.39, 0.29) is 0 Å². The van der Waals surface area contributed by atoms with Crippen LogP contribution in [0, 0.1) is 0 Å². The van der Waals surface area contributed by atoms with Gasteiger partial charge in [-0.25, -0.2) is 0 Å². The van der Waals surface area contributed by atoms with Crippen molar-refractivity contribution in [3.05, 3.63) is 47.8 Å². The molecule has 0 unspecified atom stereocenters. The molecule has 1 heterocycles. The van der Waals surface area contributed by atoms with E-state index in [1.165, 1.54) is 0 Å². The quantitative estimate of drug-likeness (QED) is 0.781. The number of rotatable bonds is 2. The summed E-state index contributed by atoms with van der Waals surface area (Å²) in [4.78, 5) is 0. The Morgan fingerprint density at radius 2 is 2.07 bits per heavy atom. The molecule has 3 heteroatoms. The molecule has 0 fully saturated rings. The summed E-state index contributed by atoms with van der Waals surface area (Å²) in [6.07, 6.45) is 3.70. The van der Waals surface area contributed by atoms with Crippen molar-refractivity contribution in [1.29, 1.82) is 0 Å². The fraction of sp³-hybridized carbons (Fsp3) is 0.0833. The van der Waals surface area contributed by atoms with Crippen molar-refractivity contribution in [3.8, 4) is 0 Å². The number of benzene rings is 1. The van der Waals surface area contributed by atoms with Crippen molar-refractivity contribution < 1.29 is 0 Å². The molecule has 0 atom stereocenters. The van der Waals surface area contributed by atoms with Crippen molar-refractivity contribution in [1.82, 2.24) is 10.2 Å². The maximum absolute atomic E-state index is 5.76. The normalized spacial score (nSPS) is 11.7. The zero-order valence-electron chi connectivity index (χ0n) is 8.57. The number of hydrogen-bond acceptors (Lipinski definition) is 2. The highest BCUT2D eigenvalue weighted by Gasteiger charge is 2.02. The van der Waals surface area contributed by atoms with E-state index in [0.717, 1.165) is 16.8 Å². The molecule has 1 aromatic heterocycles. The lowest BCUT2D eigenvalue weighted by Gasteiger charge is -1.99. The molecule has 0 aliphatic rings. The summed E-state index contributed by atoms with van der Waals surface area (Å²) in [5.74, 6) is 0. The number of anilines is 1. The Morgan fingerprint density at radius 1 is 1.33 bits per heavy atom. The van der Waals surface area contributed by atoms with E-state index >= 15 is 0 Å². The molecule has 0 amide bonds. The zero-order valence-corrected chi connectivity index (χ0v) is 8.57. The van der Waals surface area contributed by atoms with Gasteiger partial charge in [-0.2, -0.15) is 5.10 Å². The van der Waals surface area contributed by atoms with Gasteiger partial charge >= 0.3 is 0 Å². The molecule has 76 valence electrons. The highest BCUT2D eigenvalue weighted by atomic mass is 15.1. The van der Waals surface area contributed by atoms with Crippen LogP contribution in [0.25, 0.3) is 11.6 Å². The molecule has 3 N–H and O–H groups in total. The summed E-state index contributed by atoms with van der Waals surface area (Å²) in [6, 6.07) is 10.1. The summed E-state index contributed by atoms with van der Waals surface area (Å²) in [6.45, 7) is 2.01. The Kier molecular flexibility index (Phi) is 2.54. The summed E-state index contributed by atoms with van der Waals surface area (Å²) in [5, 5.41) is 6.78. The SMILES string of the molecule is C/C(=C/c1ccccc1)c1[nH]ncc1N. The first-order valence-electron chi connectivity index (χ1n) is 4.80. The Bertz CT molecular complexity index is 469. The van der Waals surface area contributed by atoms with Crippen LogP contribution in [0.1, 0.15) is 18.2 Å². The van der Waals surface area contributed by atoms with Crippen molar-refractivity contribution >= 4 is 17.3 Å². The summed E-state index contributed by atoms with van der Waals surface area (Å²) < 4.78 is 0. The first-order valence-corrected chi connectivity index (χ1v) is 4.80. The van der Waals surface area contributed by atoms with Crippen LogP contribution in [0.4, 0.5) is 5.69 Å². The van der Waals surface area contributed by atoms with Gasteiger partial charge in [0, 0.05) is 0 Å². The van der Waals surface area contributed by atoms with Crippen molar-refractivity contribution in [3.63, 3.8) is 0 Å². The van der Waals surface area contributed by atoms with Crippen LogP contribution in [0.15, 0.2) is 36.5 Å². The lowest BCUT2D eigenvalue weighted by molar-refractivity contribution is 1.07. The molecule has 0 saturated carbocycles. The molecule has 0 bridgehead atoms.